The van der Waals surface area contributed by atoms with Crippen LogP contribution in [0.3, 0.4) is 0 Å². The molecule has 0 aliphatic heterocycles. The number of rotatable bonds is 19. The minimum absolute atomic E-state index is 0.349. The van der Waals surface area contributed by atoms with Crippen molar-refractivity contribution in [2.75, 3.05) is 11.5 Å². The number of hydrogen-bond donors (Lipinski definition) is 2. The van der Waals surface area contributed by atoms with Gasteiger partial charge in [-0.15, -0.1) is 11.8 Å². The van der Waals surface area contributed by atoms with Gasteiger partial charge in [0.2, 0.25) is 0 Å². The van der Waals surface area contributed by atoms with Crippen LogP contribution >= 0.6 is 11.8 Å². The van der Waals surface area contributed by atoms with Crippen molar-refractivity contribution in [3.63, 3.8) is 0 Å². The molecule has 0 bridgehead atoms. The van der Waals surface area contributed by atoms with E-state index >= 15 is 0 Å². The Kier molecular flexibility index (Phi) is 13.6. The first-order valence-electron chi connectivity index (χ1n) is 12.4. The SMILES string of the molecule is CCCCCCCCCCCCCCCCSC(O)CCn1cnc2c(N)ncnc21. The molecule has 1 unspecified atom stereocenters. The molecule has 7 heteroatoms. The van der Waals surface area contributed by atoms with Crippen molar-refractivity contribution >= 4 is 28.7 Å². The summed E-state index contributed by atoms with van der Waals surface area (Å²) < 4.78 is 1.93. The van der Waals surface area contributed by atoms with E-state index in [0.29, 0.717) is 24.3 Å². The second kappa shape index (κ2) is 16.3. The average molecular weight is 450 g/mol. The minimum Gasteiger partial charge on any atom is -0.382 e. The quantitative estimate of drug-likeness (QED) is 0.192. The van der Waals surface area contributed by atoms with Crippen LogP contribution < -0.4 is 5.73 Å². The lowest BCUT2D eigenvalue weighted by Crippen LogP contribution is -2.08. The van der Waals surface area contributed by atoms with Crippen LogP contribution in [0, 0.1) is 0 Å². The van der Waals surface area contributed by atoms with Gasteiger partial charge in [-0.25, -0.2) is 15.0 Å². The topological polar surface area (TPSA) is 89.8 Å². The van der Waals surface area contributed by atoms with Gasteiger partial charge < -0.3 is 15.4 Å². The van der Waals surface area contributed by atoms with Crippen molar-refractivity contribution in [3.05, 3.63) is 12.7 Å². The number of thioether (sulfide) groups is 1. The van der Waals surface area contributed by atoms with Crippen molar-refractivity contribution < 1.29 is 5.11 Å². The van der Waals surface area contributed by atoms with Gasteiger partial charge in [0.15, 0.2) is 11.5 Å². The highest BCUT2D eigenvalue weighted by Gasteiger charge is 2.10. The van der Waals surface area contributed by atoms with Crippen LogP contribution in [0.4, 0.5) is 5.82 Å². The summed E-state index contributed by atoms with van der Waals surface area (Å²) in [7, 11) is 0. The normalized spacial score (nSPS) is 12.6. The summed E-state index contributed by atoms with van der Waals surface area (Å²) in [6, 6.07) is 0. The fraction of sp³-hybridized carbons (Fsp3) is 0.792. The zero-order valence-corrected chi connectivity index (χ0v) is 20.3. The highest BCUT2D eigenvalue weighted by Crippen LogP contribution is 2.19. The number of nitrogen functional groups attached to an aromatic ring is 1. The third kappa shape index (κ3) is 10.7. The monoisotopic (exact) mass is 449 g/mol. The molecule has 0 radical (unpaired) electrons. The Morgan fingerprint density at radius 1 is 0.871 bits per heavy atom. The van der Waals surface area contributed by atoms with Crippen molar-refractivity contribution in [3.8, 4) is 0 Å². The van der Waals surface area contributed by atoms with E-state index in [9.17, 15) is 5.11 Å². The lowest BCUT2D eigenvalue weighted by atomic mass is 10.0. The molecular weight excluding hydrogens is 406 g/mol. The molecular formula is C24H43N5OS. The van der Waals surface area contributed by atoms with Crippen LogP contribution in [0.15, 0.2) is 12.7 Å². The number of aliphatic hydroxyl groups is 1. The molecule has 0 saturated heterocycles. The van der Waals surface area contributed by atoms with Crippen molar-refractivity contribution in [2.24, 2.45) is 0 Å². The van der Waals surface area contributed by atoms with Crippen molar-refractivity contribution in [1.29, 1.82) is 0 Å². The molecule has 0 aliphatic rings. The van der Waals surface area contributed by atoms with E-state index in [0.717, 1.165) is 11.4 Å². The van der Waals surface area contributed by atoms with Crippen LogP contribution in [0.25, 0.3) is 11.2 Å². The number of aryl methyl sites for hydroxylation is 1. The van der Waals surface area contributed by atoms with Gasteiger partial charge in [-0.3, -0.25) is 0 Å². The first kappa shape index (κ1) is 25.9. The van der Waals surface area contributed by atoms with Gasteiger partial charge >= 0.3 is 0 Å². The summed E-state index contributed by atoms with van der Waals surface area (Å²) >= 11 is 1.66. The van der Waals surface area contributed by atoms with Gasteiger partial charge in [0.05, 0.1) is 6.33 Å². The van der Waals surface area contributed by atoms with Gasteiger partial charge in [0, 0.05) is 13.0 Å². The molecule has 2 aromatic heterocycles. The Hall–Kier alpha value is -1.34. The van der Waals surface area contributed by atoms with Crippen molar-refractivity contribution in [1.82, 2.24) is 19.5 Å². The molecule has 176 valence electrons. The third-order valence-electron chi connectivity index (χ3n) is 5.85. The Morgan fingerprint density at radius 3 is 2.06 bits per heavy atom. The smallest absolute Gasteiger partial charge is 0.165 e. The fourth-order valence-corrected chi connectivity index (χ4v) is 4.83. The van der Waals surface area contributed by atoms with E-state index in [4.69, 9.17) is 5.73 Å². The number of nitrogens with zero attached hydrogens (tertiary/aromatic N) is 4. The standard InChI is InChI=1S/C24H43N5OS/c1-2-3-4-5-6-7-8-9-10-11-12-13-14-15-18-31-21(30)16-17-29-20-28-22-23(25)26-19-27-24(22)29/h19-21,30H,2-18H2,1H3,(H2,25,26,27). The number of hydrogen-bond acceptors (Lipinski definition) is 6. The number of nitrogens with two attached hydrogens (primary N) is 1. The summed E-state index contributed by atoms with van der Waals surface area (Å²) in [5.74, 6) is 1.43. The Bertz CT molecular complexity index is 708. The number of aromatic nitrogens is 4. The largest absolute Gasteiger partial charge is 0.382 e. The van der Waals surface area contributed by atoms with Crippen LogP contribution in [-0.4, -0.2) is 35.8 Å². The Labute approximate surface area is 192 Å². The lowest BCUT2D eigenvalue weighted by molar-refractivity contribution is 0.245. The minimum atomic E-state index is -0.349. The summed E-state index contributed by atoms with van der Waals surface area (Å²) in [5.41, 5.74) is 6.83. The van der Waals surface area contributed by atoms with Gasteiger partial charge in [0.25, 0.3) is 0 Å². The molecule has 2 heterocycles. The fourth-order valence-electron chi connectivity index (χ4n) is 3.91. The Morgan fingerprint density at radius 2 is 1.45 bits per heavy atom. The second-order valence-electron chi connectivity index (χ2n) is 8.58. The summed E-state index contributed by atoms with van der Waals surface area (Å²) in [6.45, 7) is 2.96. The predicted octanol–water partition coefficient (Wildman–Crippen LogP) is 6.33. The maximum Gasteiger partial charge on any atom is 0.165 e. The molecule has 3 N–H and O–H groups in total. The van der Waals surface area contributed by atoms with Gasteiger partial charge in [-0.1, -0.05) is 90.4 Å². The molecule has 0 aromatic carbocycles. The first-order valence-corrected chi connectivity index (χ1v) is 13.5. The van der Waals surface area contributed by atoms with E-state index in [1.165, 1.54) is 96.2 Å². The van der Waals surface area contributed by atoms with Gasteiger partial charge in [-0.2, -0.15) is 0 Å². The molecule has 0 spiro atoms. The molecule has 6 nitrogen and oxygen atoms in total. The van der Waals surface area contributed by atoms with Crippen LogP contribution in [-0.2, 0) is 6.54 Å². The number of fused-ring (bicyclic) bond motifs is 1. The van der Waals surface area contributed by atoms with Crippen LogP contribution in [0.5, 0.6) is 0 Å². The van der Waals surface area contributed by atoms with Gasteiger partial charge in [0.1, 0.15) is 17.3 Å². The molecule has 1 atom stereocenters. The van der Waals surface area contributed by atoms with E-state index in [1.54, 1.807) is 18.1 Å². The number of anilines is 1. The lowest BCUT2D eigenvalue weighted by Gasteiger charge is -2.11. The van der Waals surface area contributed by atoms with E-state index in [-0.39, 0.29) is 5.44 Å². The maximum absolute atomic E-state index is 10.3. The highest BCUT2D eigenvalue weighted by molar-refractivity contribution is 7.99. The molecule has 2 aromatic rings. The molecule has 0 fully saturated rings. The Balaban J connectivity index is 1.38. The third-order valence-corrected chi connectivity index (χ3v) is 7.00. The summed E-state index contributed by atoms with van der Waals surface area (Å²) in [5, 5.41) is 10.3. The van der Waals surface area contributed by atoms with E-state index in [2.05, 4.69) is 21.9 Å². The molecule has 0 amide bonds. The van der Waals surface area contributed by atoms with Crippen LogP contribution in [0.1, 0.15) is 103 Å². The van der Waals surface area contributed by atoms with Gasteiger partial charge in [-0.05, 0) is 12.2 Å². The number of unbranched alkanes of at least 4 members (excludes halogenated alkanes) is 13. The number of imidazole rings is 1. The molecule has 0 aliphatic carbocycles. The maximum atomic E-state index is 10.3. The second-order valence-corrected chi connectivity index (χ2v) is 9.87. The molecule has 0 saturated carbocycles. The molecule has 2 rings (SSSR count). The zero-order chi connectivity index (χ0) is 22.2. The van der Waals surface area contributed by atoms with E-state index in [1.807, 2.05) is 4.57 Å². The van der Waals surface area contributed by atoms with E-state index < -0.39 is 0 Å². The summed E-state index contributed by atoms with van der Waals surface area (Å²) in [4.78, 5) is 12.5. The van der Waals surface area contributed by atoms with Crippen LogP contribution in [0.2, 0.25) is 0 Å². The highest BCUT2D eigenvalue weighted by atomic mass is 32.2. The zero-order valence-electron chi connectivity index (χ0n) is 19.5. The summed E-state index contributed by atoms with van der Waals surface area (Å²) in [6.07, 6.45) is 23.1. The van der Waals surface area contributed by atoms with Crippen molar-refractivity contribution in [2.45, 2.75) is 115 Å². The predicted molar refractivity (Wildman–Crippen MR) is 133 cm³/mol. The molecule has 31 heavy (non-hydrogen) atoms. The number of aliphatic hydroxyl groups excluding tert-OH is 1. The average Bonchev–Trinajstić information content (AvgIpc) is 3.19. The first-order chi connectivity index (χ1) is 15.2.